The predicted octanol–water partition coefficient (Wildman–Crippen LogP) is 4.09. The fraction of sp³-hybridized carbons (Fsp3) is 0.263. The molecule has 0 fully saturated rings. The van der Waals surface area contributed by atoms with E-state index in [1.54, 1.807) is 12.1 Å². The molecular weight excluding hydrogens is 484 g/mol. The number of halogens is 4. The number of rotatable bonds is 6. The van der Waals surface area contributed by atoms with Crippen molar-refractivity contribution in [3.05, 3.63) is 64.5 Å². The van der Waals surface area contributed by atoms with Gasteiger partial charge in [0.25, 0.3) is 0 Å². The summed E-state index contributed by atoms with van der Waals surface area (Å²) in [5, 5.41) is 14.8. The van der Waals surface area contributed by atoms with Gasteiger partial charge < -0.3 is 15.4 Å². The van der Waals surface area contributed by atoms with Crippen LogP contribution in [0.5, 0.6) is 5.75 Å². The number of guanidine groups is 1. The lowest BCUT2D eigenvalue weighted by atomic mass is 10.1. The standard InChI is InChI=1S/C19H19F3N4O.HI/c1-12-3-6-17(27-18(21)22)15(7-12)11-26-19(24-2)25-10-14-8-13(9-23)4-5-16(14)20;/h3-8,18H,10-11H2,1-2H3,(H2,24,25,26);1H. The summed E-state index contributed by atoms with van der Waals surface area (Å²) in [4.78, 5) is 4.02. The number of aryl methyl sites for hydroxylation is 1. The van der Waals surface area contributed by atoms with Crippen molar-refractivity contribution in [2.75, 3.05) is 7.05 Å². The van der Waals surface area contributed by atoms with Gasteiger partial charge in [-0.15, -0.1) is 24.0 Å². The minimum absolute atomic E-state index is 0. The number of nitriles is 1. The van der Waals surface area contributed by atoms with Crippen LogP contribution in [0.1, 0.15) is 22.3 Å². The SMILES string of the molecule is CN=C(NCc1cc(C#N)ccc1F)NCc1cc(C)ccc1OC(F)F.I. The van der Waals surface area contributed by atoms with E-state index < -0.39 is 12.4 Å². The number of hydrogen-bond donors (Lipinski definition) is 2. The quantitative estimate of drug-likeness (QED) is 0.354. The molecule has 150 valence electrons. The Morgan fingerprint density at radius 2 is 1.82 bits per heavy atom. The zero-order chi connectivity index (χ0) is 19.8. The molecule has 28 heavy (non-hydrogen) atoms. The summed E-state index contributed by atoms with van der Waals surface area (Å²) in [7, 11) is 1.53. The van der Waals surface area contributed by atoms with E-state index in [1.165, 1.54) is 31.3 Å². The summed E-state index contributed by atoms with van der Waals surface area (Å²) in [6.45, 7) is -0.785. The lowest BCUT2D eigenvalue weighted by Gasteiger charge is -2.15. The van der Waals surface area contributed by atoms with E-state index in [-0.39, 0.29) is 42.8 Å². The van der Waals surface area contributed by atoms with Crippen LogP contribution < -0.4 is 15.4 Å². The highest BCUT2D eigenvalue weighted by Gasteiger charge is 2.11. The van der Waals surface area contributed by atoms with E-state index in [1.807, 2.05) is 13.0 Å². The molecule has 0 saturated heterocycles. The van der Waals surface area contributed by atoms with Gasteiger partial charge in [0.15, 0.2) is 5.96 Å². The van der Waals surface area contributed by atoms with Crippen molar-refractivity contribution in [3.8, 4) is 11.8 Å². The first kappa shape index (κ1) is 23.6. The van der Waals surface area contributed by atoms with Gasteiger partial charge in [0.2, 0.25) is 0 Å². The fourth-order valence-corrected chi connectivity index (χ4v) is 2.42. The second kappa shape index (κ2) is 11.4. The minimum atomic E-state index is -2.92. The van der Waals surface area contributed by atoms with Crippen LogP contribution in [0.4, 0.5) is 13.2 Å². The highest BCUT2D eigenvalue weighted by molar-refractivity contribution is 14.0. The second-order valence-corrected chi connectivity index (χ2v) is 5.69. The Kier molecular flexibility index (Phi) is 9.58. The Labute approximate surface area is 178 Å². The molecule has 0 aliphatic heterocycles. The van der Waals surface area contributed by atoms with Gasteiger partial charge >= 0.3 is 6.61 Å². The van der Waals surface area contributed by atoms with Crippen molar-refractivity contribution >= 4 is 29.9 Å². The smallest absolute Gasteiger partial charge is 0.387 e. The van der Waals surface area contributed by atoms with Crippen LogP contribution >= 0.6 is 24.0 Å². The third-order valence-corrected chi connectivity index (χ3v) is 3.72. The Morgan fingerprint density at radius 3 is 2.43 bits per heavy atom. The monoisotopic (exact) mass is 504 g/mol. The molecule has 5 nitrogen and oxygen atoms in total. The number of ether oxygens (including phenoxy) is 1. The summed E-state index contributed by atoms with van der Waals surface area (Å²) in [5.74, 6) is -0.0177. The lowest BCUT2D eigenvalue weighted by molar-refractivity contribution is -0.0504. The van der Waals surface area contributed by atoms with Gasteiger partial charge in [0, 0.05) is 31.3 Å². The van der Waals surface area contributed by atoms with Gasteiger partial charge in [-0.25, -0.2) is 4.39 Å². The summed E-state index contributed by atoms with van der Waals surface area (Å²) in [5.41, 5.74) is 2.10. The Morgan fingerprint density at radius 1 is 1.14 bits per heavy atom. The van der Waals surface area contributed by atoms with E-state index in [9.17, 15) is 13.2 Å². The lowest BCUT2D eigenvalue weighted by Crippen LogP contribution is -2.36. The van der Waals surface area contributed by atoms with Gasteiger partial charge in [0.05, 0.1) is 11.6 Å². The molecule has 0 unspecified atom stereocenters. The van der Waals surface area contributed by atoms with E-state index in [0.29, 0.717) is 22.6 Å². The first-order chi connectivity index (χ1) is 12.9. The molecule has 0 saturated carbocycles. The van der Waals surface area contributed by atoms with Crippen molar-refractivity contribution in [1.29, 1.82) is 5.26 Å². The topological polar surface area (TPSA) is 69.4 Å². The molecule has 9 heteroatoms. The largest absolute Gasteiger partial charge is 0.434 e. The zero-order valence-corrected chi connectivity index (χ0v) is 17.6. The third kappa shape index (κ3) is 6.92. The molecule has 2 aromatic carbocycles. The van der Waals surface area contributed by atoms with Crippen molar-refractivity contribution in [2.45, 2.75) is 26.6 Å². The van der Waals surface area contributed by atoms with Gasteiger partial charge in [-0.1, -0.05) is 17.7 Å². The molecule has 0 aliphatic carbocycles. The van der Waals surface area contributed by atoms with E-state index in [0.717, 1.165) is 5.56 Å². The van der Waals surface area contributed by atoms with Crippen molar-refractivity contribution in [2.24, 2.45) is 4.99 Å². The van der Waals surface area contributed by atoms with Crippen LogP contribution in [-0.4, -0.2) is 19.6 Å². The molecule has 2 rings (SSSR count). The number of hydrogen-bond acceptors (Lipinski definition) is 3. The molecule has 2 N–H and O–H groups in total. The molecule has 0 heterocycles. The number of aliphatic imine (C=N–C) groups is 1. The normalized spacial score (nSPS) is 10.8. The average Bonchev–Trinajstić information content (AvgIpc) is 2.64. The number of nitrogens with zero attached hydrogens (tertiary/aromatic N) is 2. The Bertz CT molecular complexity index is 869. The third-order valence-electron chi connectivity index (χ3n) is 3.72. The van der Waals surface area contributed by atoms with Gasteiger partial charge in [0.1, 0.15) is 11.6 Å². The molecule has 0 atom stereocenters. The maximum absolute atomic E-state index is 13.8. The summed E-state index contributed by atoms with van der Waals surface area (Å²) in [6, 6.07) is 10.9. The Hall–Kier alpha value is -2.48. The van der Waals surface area contributed by atoms with Crippen LogP contribution in [0.2, 0.25) is 0 Å². The maximum atomic E-state index is 13.8. The number of benzene rings is 2. The van der Waals surface area contributed by atoms with E-state index in [4.69, 9.17) is 5.26 Å². The molecule has 0 bridgehead atoms. The Balaban J connectivity index is 0.00000392. The average molecular weight is 504 g/mol. The van der Waals surface area contributed by atoms with Crippen molar-refractivity contribution < 1.29 is 17.9 Å². The van der Waals surface area contributed by atoms with Gasteiger partial charge in [-0.3, -0.25) is 4.99 Å². The molecule has 0 aromatic heterocycles. The van der Waals surface area contributed by atoms with Gasteiger partial charge in [-0.05, 0) is 31.2 Å². The maximum Gasteiger partial charge on any atom is 0.387 e. The molecule has 0 radical (unpaired) electrons. The first-order valence-corrected chi connectivity index (χ1v) is 8.10. The minimum Gasteiger partial charge on any atom is -0.434 e. The zero-order valence-electron chi connectivity index (χ0n) is 15.3. The number of alkyl halides is 2. The van der Waals surface area contributed by atoms with Crippen LogP contribution in [0.15, 0.2) is 41.4 Å². The van der Waals surface area contributed by atoms with E-state index >= 15 is 0 Å². The van der Waals surface area contributed by atoms with E-state index in [2.05, 4.69) is 20.4 Å². The summed E-state index contributed by atoms with van der Waals surface area (Å²) >= 11 is 0. The summed E-state index contributed by atoms with van der Waals surface area (Å²) < 4.78 is 43.4. The highest BCUT2D eigenvalue weighted by atomic mass is 127. The molecule has 0 spiro atoms. The molecule has 0 aliphatic rings. The summed E-state index contributed by atoms with van der Waals surface area (Å²) in [6.07, 6.45) is 0. The van der Waals surface area contributed by atoms with Gasteiger partial charge in [-0.2, -0.15) is 14.0 Å². The van der Waals surface area contributed by atoms with Crippen molar-refractivity contribution in [1.82, 2.24) is 10.6 Å². The van der Waals surface area contributed by atoms with Crippen LogP contribution in [0.3, 0.4) is 0 Å². The van der Waals surface area contributed by atoms with Crippen LogP contribution in [0.25, 0.3) is 0 Å². The predicted molar refractivity (Wildman–Crippen MR) is 111 cm³/mol. The van der Waals surface area contributed by atoms with Crippen LogP contribution in [-0.2, 0) is 13.1 Å². The van der Waals surface area contributed by atoms with Crippen molar-refractivity contribution in [3.63, 3.8) is 0 Å². The second-order valence-electron chi connectivity index (χ2n) is 5.69. The molecule has 2 aromatic rings. The van der Waals surface area contributed by atoms with Crippen LogP contribution in [0, 0.1) is 24.1 Å². The molecule has 0 amide bonds. The first-order valence-electron chi connectivity index (χ1n) is 8.10. The fourth-order valence-electron chi connectivity index (χ4n) is 2.42. The molecular formula is C19H20F3IN4O. The highest BCUT2D eigenvalue weighted by Crippen LogP contribution is 2.22. The number of nitrogens with one attached hydrogen (secondary N) is 2.